The molecule has 1 aromatic rings. The van der Waals surface area contributed by atoms with E-state index in [2.05, 4.69) is 92.0 Å². The molecule has 0 aliphatic rings. The van der Waals surface area contributed by atoms with Crippen molar-refractivity contribution in [3.63, 3.8) is 0 Å². The molecular formula is C23H32. The molecule has 0 unspecified atom stereocenters. The summed E-state index contributed by atoms with van der Waals surface area (Å²) in [5.74, 6) is 0. The van der Waals surface area contributed by atoms with E-state index in [4.69, 9.17) is 0 Å². The van der Waals surface area contributed by atoms with Crippen molar-refractivity contribution in [1.82, 2.24) is 0 Å². The molecule has 0 spiro atoms. The Labute approximate surface area is 143 Å². The van der Waals surface area contributed by atoms with Gasteiger partial charge in [-0.05, 0) is 46.1 Å². The second-order valence-electron chi connectivity index (χ2n) is 8.22. The van der Waals surface area contributed by atoms with Crippen LogP contribution in [0, 0.1) is 5.41 Å². The van der Waals surface area contributed by atoms with E-state index in [9.17, 15) is 0 Å². The first-order valence-electron chi connectivity index (χ1n) is 8.29. The Balaban J connectivity index is 3.41. The number of rotatable bonds is 4. The Bertz CT molecular complexity index is 638. The predicted molar refractivity (Wildman–Crippen MR) is 107 cm³/mol. The second kappa shape index (κ2) is 7.17. The van der Waals surface area contributed by atoms with Crippen LogP contribution >= 0.6 is 0 Å². The smallest absolute Gasteiger partial charge is 0.0131 e. The molecule has 0 amide bonds. The molecule has 0 saturated carbocycles. The number of allylic oxidation sites excluding steroid dienone is 5. The van der Waals surface area contributed by atoms with Crippen molar-refractivity contribution >= 4 is 11.6 Å². The molecule has 0 nitrogen and oxygen atoms in total. The van der Waals surface area contributed by atoms with E-state index >= 15 is 0 Å². The fourth-order valence-electron chi connectivity index (χ4n) is 2.12. The van der Waals surface area contributed by atoms with Crippen molar-refractivity contribution in [3.05, 3.63) is 71.8 Å². The zero-order valence-electron chi connectivity index (χ0n) is 16.0. The van der Waals surface area contributed by atoms with Crippen LogP contribution in [0.15, 0.2) is 55.2 Å². The summed E-state index contributed by atoms with van der Waals surface area (Å²) in [6.45, 7) is 23.5. The quantitative estimate of drug-likeness (QED) is 0.516. The van der Waals surface area contributed by atoms with Crippen LogP contribution in [0.3, 0.4) is 0 Å². The third kappa shape index (κ3) is 5.39. The Morgan fingerprint density at radius 1 is 0.913 bits per heavy atom. The molecule has 1 aromatic carbocycles. The molecule has 0 saturated heterocycles. The second-order valence-corrected chi connectivity index (χ2v) is 8.22. The summed E-state index contributed by atoms with van der Waals surface area (Å²) in [4.78, 5) is 0. The first-order valence-corrected chi connectivity index (χ1v) is 8.29. The van der Waals surface area contributed by atoms with Gasteiger partial charge < -0.3 is 0 Å². The van der Waals surface area contributed by atoms with Crippen LogP contribution in [0.25, 0.3) is 11.6 Å². The maximum absolute atomic E-state index is 4.00. The molecule has 0 N–H and O–H groups in total. The van der Waals surface area contributed by atoms with Gasteiger partial charge in [-0.2, -0.15) is 0 Å². The van der Waals surface area contributed by atoms with Gasteiger partial charge in [-0.25, -0.2) is 0 Å². The van der Waals surface area contributed by atoms with Crippen molar-refractivity contribution in [2.45, 2.75) is 53.9 Å². The minimum atomic E-state index is 0.108. The molecule has 23 heavy (non-hydrogen) atoms. The Morgan fingerprint density at radius 2 is 1.52 bits per heavy atom. The Morgan fingerprint density at radius 3 is 1.96 bits per heavy atom. The monoisotopic (exact) mass is 308 g/mol. The molecule has 0 heteroatoms. The van der Waals surface area contributed by atoms with Crippen molar-refractivity contribution in [3.8, 4) is 0 Å². The van der Waals surface area contributed by atoms with E-state index in [1.54, 1.807) is 0 Å². The standard InChI is InChI=1S/C23H32/c1-10-18-14-20(16-21(15-18)23(7,8)9)19(11-2)13-12-17(3)22(4,5)6/h10-16H,1-2H2,3-9H3/b17-12+,19-13+. The van der Waals surface area contributed by atoms with Gasteiger partial charge in [0.25, 0.3) is 0 Å². The molecular weight excluding hydrogens is 276 g/mol. The van der Waals surface area contributed by atoms with E-state index in [0.717, 1.165) is 11.1 Å². The summed E-state index contributed by atoms with van der Waals surface area (Å²) >= 11 is 0. The van der Waals surface area contributed by atoms with Crippen molar-refractivity contribution in [1.29, 1.82) is 0 Å². The topological polar surface area (TPSA) is 0 Å². The first kappa shape index (κ1) is 19.2. The first-order chi connectivity index (χ1) is 10.5. The van der Waals surface area contributed by atoms with Gasteiger partial charge in [0.1, 0.15) is 0 Å². The summed E-state index contributed by atoms with van der Waals surface area (Å²) in [5.41, 5.74) is 6.45. The Hall–Kier alpha value is -1.82. The third-order valence-electron chi connectivity index (χ3n) is 4.31. The highest BCUT2D eigenvalue weighted by atomic mass is 14.2. The molecule has 0 fully saturated rings. The van der Waals surface area contributed by atoms with Crippen LogP contribution in [0.4, 0.5) is 0 Å². The molecule has 1 rings (SSSR count). The molecule has 0 heterocycles. The van der Waals surface area contributed by atoms with Gasteiger partial charge in [-0.15, -0.1) is 0 Å². The number of hydrogen-bond acceptors (Lipinski definition) is 0. The van der Waals surface area contributed by atoms with Crippen molar-refractivity contribution in [2.75, 3.05) is 0 Å². The summed E-state index contributed by atoms with van der Waals surface area (Å²) in [6.07, 6.45) is 8.22. The SMILES string of the molecule is C=C/C(=C\C=C(/C)C(C)(C)C)c1cc(C=C)cc(C(C)(C)C)c1. The fourth-order valence-corrected chi connectivity index (χ4v) is 2.12. The lowest BCUT2D eigenvalue weighted by Gasteiger charge is -2.21. The van der Waals surface area contributed by atoms with Gasteiger partial charge in [0.2, 0.25) is 0 Å². The van der Waals surface area contributed by atoms with Gasteiger partial charge in [0.05, 0.1) is 0 Å². The van der Waals surface area contributed by atoms with Crippen LogP contribution < -0.4 is 0 Å². The van der Waals surface area contributed by atoms with Gasteiger partial charge in [-0.3, -0.25) is 0 Å². The zero-order chi connectivity index (χ0) is 17.8. The molecule has 0 aliphatic heterocycles. The molecule has 124 valence electrons. The molecule has 0 bridgehead atoms. The van der Waals surface area contributed by atoms with Crippen LogP contribution in [-0.4, -0.2) is 0 Å². The minimum absolute atomic E-state index is 0.108. The predicted octanol–water partition coefficient (Wildman–Crippen LogP) is 7.19. The minimum Gasteiger partial charge on any atom is -0.0985 e. The normalized spacial score (nSPS) is 13.9. The van der Waals surface area contributed by atoms with Gasteiger partial charge in [0.15, 0.2) is 0 Å². The summed E-state index contributed by atoms with van der Waals surface area (Å²) in [6, 6.07) is 6.66. The zero-order valence-corrected chi connectivity index (χ0v) is 16.0. The maximum Gasteiger partial charge on any atom is -0.0131 e. The van der Waals surface area contributed by atoms with Gasteiger partial charge >= 0.3 is 0 Å². The van der Waals surface area contributed by atoms with Crippen molar-refractivity contribution in [2.24, 2.45) is 5.41 Å². The molecule has 0 aromatic heterocycles. The largest absolute Gasteiger partial charge is 0.0985 e. The lowest BCUT2D eigenvalue weighted by atomic mass is 9.83. The molecule has 0 radical (unpaired) electrons. The maximum atomic E-state index is 4.00. The van der Waals surface area contributed by atoms with Crippen LogP contribution in [-0.2, 0) is 5.41 Å². The van der Waals surface area contributed by atoms with Gasteiger partial charge in [0, 0.05) is 0 Å². The van der Waals surface area contributed by atoms with E-state index in [-0.39, 0.29) is 10.8 Å². The highest BCUT2D eigenvalue weighted by molar-refractivity contribution is 5.77. The lowest BCUT2D eigenvalue weighted by molar-refractivity contribution is 0.504. The van der Waals surface area contributed by atoms with E-state index in [1.807, 2.05) is 12.2 Å². The fraction of sp³-hybridized carbons (Fsp3) is 0.391. The Kier molecular flexibility index (Phi) is 5.99. The van der Waals surface area contributed by atoms with E-state index < -0.39 is 0 Å². The molecule has 0 atom stereocenters. The van der Waals surface area contributed by atoms with Crippen LogP contribution in [0.5, 0.6) is 0 Å². The highest BCUT2D eigenvalue weighted by Crippen LogP contribution is 2.29. The van der Waals surface area contributed by atoms with Gasteiger partial charge in [-0.1, -0.05) is 96.7 Å². The van der Waals surface area contributed by atoms with E-state index in [1.165, 1.54) is 16.7 Å². The van der Waals surface area contributed by atoms with Crippen molar-refractivity contribution < 1.29 is 0 Å². The lowest BCUT2D eigenvalue weighted by Crippen LogP contribution is -2.11. The number of benzene rings is 1. The van der Waals surface area contributed by atoms with E-state index in [0.29, 0.717) is 0 Å². The highest BCUT2D eigenvalue weighted by Gasteiger charge is 2.15. The van der Waals surface area contributed by atoms with Crippen LogP contribution in [0.2, 0.25) is 0 Å². The summed E-state index contributed by atoms with van der Waals surface area (Å²) in [5, 5.41) is 0. The molecule has 0 aliphatic carbocycles. The summed E-state index contributed by atoms with van der Waals surface area (Å²) < 4.78 is 0. The summed E-state index contributed by atoms with van der Waals surface area (Å²) in [7, 11) is 0. The third-order valence-corrected chi connectivity index (χ3v) is 4.31. The average molecular weight is 309 g/mol. The number of hydrogen-bond donors (Lipinski definition) is 0. The average Bonchev–Trinajstić information content (AvgIpc) is 2.45. The van der Waals surface area contributed by atoms with Crippen LogP contribution in [0.1, 0.15) is 65.2 Å².